The molecular weight excluding hydrogens is 506 g/mol. The number of alkyl halides is 3. The average molecular weight is 532 g/mol. The van der Waals surface area contributed by atoms with Crippen LogP contribution >= 0.6 is 24.2 Å². The van der Waals surface area contributed by atoms with Crippen molar-refractivity contribution in [2.75, 3.05) is 12.3 Å². The number of nitrogens with one attached hydrogen (secondary N) is 1. The molecule has 2 aromatic heterocycles. The molecule has 12 heteroatoms. The maximum atomic E-state index is 14.5. The number of hydrogen-bond donors (Lipinski definition) is 1. The van der Waals surface area contributed by atoms with Crippen LogP contribution in [0.4, 0.5) is 17.6 Å². The molecule has 1 unspecified atom stereocenters. The van der Waals surface area contributed by atoms with E-state index in [4.69, 9.17) is 4.42 Å². The van der Waals surface area contributed by atoms with Crippen molar-refractivity contribution in [2.45, 2.75) is 55.4 Å². The summed E-state index contributed by atoms with van der Waals surface area (Å²) in [7, 11) is 1.89. The van der Waals surface area contributed by atoms with Gasteiger partial charge in [-0.1, -0.05) is 17.8 Å². The average Bonchev–Trinajstić information content (AvgIpc) is 3.02. The highest BCUT2D eigenvalue weighted by molar-refractivity contribution is 7.99. The van der Waals surface area contributed by atoms with Crippen molar-refractivity contribution >= 4 is 24.2 Å². The number of rotatable bonds is 8. The minimum atomic E-state index is -4.53. The van der Waals surface area contributed by atoms with Gasteiger partial charge in [0.05, 0.1) is 11.3 Å². The molecule has 0 amide bonds. The Morgan fingerprint density at radius 2 is 2.09 bits per heavy atom. The second-order valence-corrected chi connectivity index (χ2v) is 10.2. The molecule has 5 rings (SSSR count). The molecule has 2 aliphatic carbocycles. The molecule has 1 aromatic carbocycles. The van der Waals surface area contributed by atoms with E-state index >= 15 is 0 Å². The highest BCUT2D eigenvalue weighted by Crippen LogP contribution is 2.64. The predicted molar refractivity (Wildman–Crippen MR) is 126 cm³/mol. The molecular formula is C23H26ClF4N5OS. The van der Waals surface area contributed by atoms with E-state index in [2.05, 4.69) is 20.5 Å². The van der Waals surface area contributed by atoms with Crippen LogP contribution in [0.25, 0.3) is 11.6 Å². The van der Waals surface area contributed by atoms with Crippen molar-refractivity contribution in [1.29, 1.82) is 0 Å². The molecule has 2 aliphatic rings. The Balaban J connectivity index is 0.00000289. The summed E-state index contributed by atoms with van der Waals surface area (Å²) in [5.74, 6) is 1.64. The molecule has 6 nitrogen and oxygen atoms in total. The van der Waals surface area contributed by atoms with Crippen molar-refractivity contribution in [3.8, 4) is 11.6 Å². The number of benzene rings is 1. The monoisotopic (exact) mass is 531 g/mol. The van der Waals surface area contributed by atoms with E-state index in [1.807, 2.05) is 18.5 Å². The van der Waals surface area contributed by atoms with E-state index in [1.165, 1.54) is 12.5 Å². The molecule has 0 saturated heterocycles. The topological polar surface area (TPSA) is 68.8 Å². The quantitative estimate of drug-likeness (QED) is 0.233. The SMILES string of the molecule is Cc1ncoc1-c1nnc(SCCCN[C@@H]2CC[C@]3(c4ccc(C(F)(F)F)cc4F)CC23)n1C.Cl. The van der Waals surface area contributed by atoms with Crippen molar-refractivity contribution in [1.82, 2.24) is 25.1 Å². The molecule has 35 heavy (non-hydrogen) atoms. The highest BCUT2D eigenvalue weighted by Gasteiger charge is 2.63. The van der Waals surface area contributed by atoms with E-state index in [1.54, 1.807) is 11.8 Å². The fourth-order valence-corrected chi connectivity index (χ4v) is 6.07. The molecule has 2 fully saturated rings. The number of fused-ring (bicyclic) bond motifs is 1. The second-order valence-electron chi connectivity index (χ2n) is 9.09. The lowest BCUT2D eigenvalue weighted by atomic mass is 9.92. The predicted octanol–water partition coefficient (Wildman–Crippen LogP) is 5.55. The summed E-state index contributed by atoms with van der Waals surface area (Å²) in [4.78, 5) is 4.09. The van der Waals surface area contributed by atoms with Crippen molar-refractivity contribution in [3.05, 3.63) is 47.2 Å². The van der Waals surface area contributed by atoms with E-state index in [0.717, 1.165) is 54.9 Å². The van der Waals surface area contributed by atoms with Crippen LogP contribution in [0.5, 0.6) is 0 Å². The van der Waals surface area contributed by atoms with E-state index in [0.29, 0.717) is 23.2 Å². The van der Waals surface area contributed by atoms with Crippen LogP contribution in [0.3, 0.4) is 0 Å². The van der Waals surface area contributed by atoms with Crippen LogP contribution < -0.4 is 5.32 Å². The minimum Gasteiger partial charge on any atom is -0.440 e. The maximum absolute atomic E-state index is 14.5. The van der Waals surface area contributed by atoms with Gasteiger partial charge < -0.3 is 14.3 Å². The Morgan fingerprint density at radius 3 is 2.74 bits per heavy atom. The summed E-state index contributed by atoms with van der Waals surface area (Å²) in [6.07, 6.45) is 0.306. The Bertz CT molecular complexity index is 1200. The van der Waals surface area contributed by atoms with Crippen LogP contribution in [0.1, 0.15) is 42.5 Å². The number of halogens is 5. The molecule has 3 aromatic rings. The van der Waals surface area contributed by atoms with Gasteiger partial charge in [-0.2, -0.15) is 13.2 Å². The molecule has 190 valence electrons. The molecule has 0 spiro atoms. The van der Waals surface area contributed by atoms with Crippen LogP contribution in [-0.4, -0.2) is 38.1 Å². The maximum Gasteiger partial charge on any atom is 0.416 e. The fourth-order valence-electron chi connectivity index (χ4n) is 5.22. The van der Waals surface area contributed by atoms with Crippen LogP contribution in [0, 0.1) is 18.7 Å². The zero-order valence-corrected chi connectivity index (χ0v) is 20.9. The normalized spacial score (nSPS) is 23.3. The lowest BCUT2D eigenvalue weighted by Gasteiger charge is -2.15. The van der Waals surface area contributed by atoms with Gasteiger partial charge in [0.2, 0.25) is 5.82 Å². The minimum absolute atomic E-state index is 0. The number of thioether (sulfide) groups is 1. The third-order valence-corrected chi connectivity index (χ3v) is 8.20. The third-order valence-electron chi connectivity index (χ3n) is 7.10. The molecule has 3 atom stereocenters. The Hall–Kier alpha value is -2.11. The molecule has 2 heterocycles. The van der Waals surface area contributed by atoms with E-state index in [9.17, 15) is 17.6 Å². The zero-order valence-electron chi connectivity index (χ0n) is 19.2. The highest BCUT2D eigenvalue weighted by atomic mass is 35.5. The first-order valence-corrected chi connectivity index (χ1v) is 12.2. The standard InChI is InChI=1S/C23H25F4N5OS.ClH/c1-13-19(33-12-29-13)20-30-31-21(32(20)2)34-9-3-8-28-18-6-7-22(11-16(18)22)15-5-4-14(10-17(15)24)23(25,26)27;/h4-5,10,12,16,18,28H,3,6-9,11H2,1-2H3;1H/t16?,18-,22-;/m1./s1. The summed E-state index contributed by atoms with van der Waals surface area (Å²) in [6, 6.07) is 3.25. The number of aromatic nitrogens is 4. The van der Waals surface area contributed by atoms with Crippen LogP contribution in [-0.2, 0) is 18.6 Å². The smallest absolute Gasteiger partial charge is 0.416 e. The number of oxazole rings is 1. The van der Waals surface area contributed by atoms with Gasteiger partial charge in [-0.25, -0.2) is 9.37 Å². The Morgan fingerprint density at radius 1 is 1.29 bits per heavy atom. The van der Waals surface area contributed by atoms with Gasteiger partial charge in [-0.15, -0.1) is 22.6 Å². The van der Waals surface area contributed by atoms with Gasteiger partial charge in [0.15, 0.2) is 17.3 Å². The van der Waals surface area contributed by atoms with Crippen LogP contribution in [0.15, 0.2) is 34.2 Å². The third kappa shape index (κ3) is 4.82. The molecule has 1 N–H and O–H groups in total. The first-order valence-electron chi connectivity index (χ1n) is 11.2. The van der Waals surface area contributed by atoms with Crippen molar-refractivity contribution in [2.24, 2.45) is 13.0 Å². The zero-order chi connectivity index (χ0) is 24.1. The second kappa shape index (κ2) is 9.74. The lowest BCUT2D eigenvalue weighted by Crippen LogP contribution is -2.30. The number of hydrogen-bond acceptors (Lipinski definition) is 6. The van der Waals surface area contributed by atoms with Gasteiger partial charge in [0.1, 0.15) is 5.82 Å². The Labute approximate surface area is 210 Å². The van der Waals surface area contributed by atoms with Gasteiger partial charge in [0, 0.05) is 24.3 Å². The number of aryl methyl sites for hydroxylation is 1. The summed E-state index contributed by atoms with van der Waals surface area (Å²) in [6.45, 7) is 2.67. The first kappa shape index (κ1) is 26.0. The summed E-state index contributed by atoms with van der Waals surface area (Å²) in [5, 5.41) is 12.8. The van der Waals surface area contributed by atoms with Crippen LogP contribution in [0.2, 0.25) is 0 Å². The molecule has 2 saturated carbocycles. The fraction of sp³-hybridized carbons (Fsp3) is 0.522. The summed E-state index contributed by atoms with van der Waals surface area (Å²) in [5.41, 5.74) is -0.0433. The Kier molecular flexibility index (Phi) is 7.23. The molecule has 0 radical (unpaired) electrons. The van der Waals surface area contributed by atoms with Gasteiger partial charge in [-0.3, -0.25) is 0 Å². The largest absolute Gasteiger partial charge is 0.440 e. The van der Waals surface area contributed by atoms with Gasteiger partial charge in [0.25, 0.3) is 0 Å². The van der Waals surface area contributed by atoms with Gasteiger partial charge in [-0.05, 0) is 62.8 Å². The van der Waals surface area contributed by atoms with E-state index < -0.39 is 17.6 Å². The van der Waals surface area contributed by atoms with E-state index in [-0.39, 0.29) is 29.8 Å². The first-order chi connectivity index (χ1) is 16.2. The molecule has 0 bridgehead atoms. The molecule has 0 aliphatic heterocycles. The van der Waals surface area contributed by atoms with Crippen molar-refractivity contribution < 1.29 is 22.0 Å². The van der Waals surface area contributed by atoms with Gasteiger partial charge >= 0.3 is 6.18 Å². The number of nitrogens with zero attached hydrogens (tertiary/aromatic N) is 4. The summed E-state index contributed by atoms with van der Waals surface area (Å²) < 4.78 is 60.4. The lowest BCUT2D eigenvalue weighted by molar-refractivity contribution is -0.137. The van der Waals surface area contributed by atoms with Crippen molar-refractivity contribution in [3.63, 3.8) is 0 Å². The summed E-state index contributed by atoms with van der Waals surface area (Å²) >= 11 is 1.61.